The Morgan fingerprint density at radius 3 is 2.88 bits per heavy atom. The Bertz CT molecular complexity index is 391. The zero-order valence-electron chi connectivity index (χ0n) is 8.24. The van der Waals surface area contributed by atoms with Gasteiger partial charge in [0, 0.05) is 6.20 Å². The summed E-state index contributed by atoms with van der Waals surface area (Å²) in [6.07, 6.45) is 3.33. The van der Waals surface area contributed by atoms with Gasteiger partial charge in [-0.2, -0.15) is 0 Å². The predicted molar refractivity (Wildman–Crippen MR) is 53.5 cm³/mol. The van der Waals surface area contributed by atoms with E-state index in [1.54, 1.807) is 12.4 Å². The van der Waals surface area contributed by atoms with Gasteiger partial charge in [0.15, 0.2) is 0 Å². The maximum absolute atomic E-state index is 9.65. The van der Waals surface area contributed by atoms with Gasteiger partial charge in [0.1, 0.15) is 11.7 Å². The molecule has 8 nitrogen and oxygen atoms in total. The molecule has 86 valence electrons. The first-order valence-corrected chi connectivity index (χ1v) is 4.35. The number of nitrogens with two attached hydrogens (primary N) is 1. The minimum atomic E-state index is -1.18. The summed E-state index contributed by atoms with van der Waals surface area (Å²) in [7, 11) is 0. The molecule has 0 saturated carbocycles. The monoisotopic (exact) mass is 225 g/mol. The fourth-order valence-electron chi connectivity index (χ4n) is 0.789. The number of fused-ring (bicyclic) bond motifs is 1. The van der Waals surface area contributed by atoms with Crippen molar-refractivity contribution >= 4 is 5.97 Å². The van der Waals surface area contributed by atoms with E-state index < -0.39 is 18.6 Å². The summed E-state index contributed by atoms with van der Waals surface area (Å²) in [5, 5.41) is 25.8. The van der Waals surface area contributed by atoms with Crippen LogP contribution in [-0.2, 0) is 4.79 Å². The molecule has 5 N–H and O–H groups in total. The second-order valence-electron chi connectivity index (χ2n) is 2.83. The Kier molecular flexibility index (Phi) is 4.30. The van der Waals surface area contributed by atoms with Crippen LogP contribution in [0.15, 0.2) is 18.5 Å². The van der Waals surface area contributed by atoms with Crippen molar-refractivity contribution in [2.24, 2.45) is 5.73 Å². The SMILES string of the molecule is N[C@@H](CO)C(=O)O.c1cc2[nH]nncc-2n1. The van der Waals surface area contributed by atoms with Crippen molar-refractivity contribution in [2.45, 2.75) is 6.04 Å². The average Bonchev–Trinajstić information content (AvgIpc) is 2.76. The number of rotatable bonds is 2. The van der Waals surface area contributed by atoms with E-state index in [0.29, 0.717) is 0 Å². The van der Waals surface area contributed by atoms with Gasteiger partial charge in [0.25, 0.3) is 0 Å². The van der Waals surface area contributed by atoms with E-state index in [-0.39, 0.29) is 0 Å². The summed E-state index contributed by atoms with van der Waals surface area (Å²) in [6.45, 7) is -0.505. The molecule has 0 aromatic rings. The van der Waals surface area contributed by atoms with Crippen molar-refractivity contribution in [2.75, 3.05) is 6.61 Å². The van der Waals surface area contributed by atoms with E-state index in [1.807, 2.05) is 6.07 Å². The summed E-state index contributed by atoms with van der Waals surface area (Å²) in [4.78, 5) is 13.6. The van der Waals surface area contributed by atoms with Crippen molar-refractivity contribution in [3.8, 4) is 11.4 Å². The van der Waals surface area contributed by atoms with E-state index in [2.05, 4.69) is 20.4 Å². The third-order valence-corrected chi connectivity index (χ3v) is 1.65. The molecular formula is C8H11N5O3. The predicted octanol–water partition coefficient (Wildman–Crippen LogP) is -1.30. The molecule has 0 saturated heterocycles. The highest BCUT2D eigenvalue weighted by molar-refractivity contribution is 5.73. The Labute approximate surface area is 90.5 Å². The number of aliphatic hydroxyl groups is 1. The summed E-state index contributed by atoms with van der Waals surface area (Å²) < 4.78 is 0. The number of carboxylic acids is 1. The van der Waals surface area contributed by atoms with Crippen LogP contribution >= 0.6 is 0 Å². The fourth-order valence-corrected chi connectivity index (χ4v) is 0.789. The standard InChI is InChI=1S/C5H4N4.C3H7NO3/c1-2-6-5-3-7-9-8-4(1)5;4-2(1-5)3(6)7/h1-3H,(H,7,8);2,5H,1,4H2,(H,6,7)/t;2-/m.0/s1. The molecule has 2 aliphatic rings. The van der Waals surface area contributed by atoms with E-state index in [4.69, 9.17) is 15.9 Å². The van der Waals surface area contributed by atoms with E-state index in [1.165, 1.54) is 0 Å². The molecule has 0 fully saturated rings. The highest BCUT2D eigenvalue weighted by atomic mass is 16.4. The van der Waals surface area contributed by atoms with Crippen LogP contribution in [0.25, 0.3) is 11.4 Å². The molecule has 0 aromatic carbocycles. The number of carboxylic acid groups (broad SMARTS) is 1. The molecule has 0 aliphatic carbocycles. The third kappa shape index (κ3) is 3.26. The number of aromatic amines is 1. The lowest BCUT2D eigenvalue weighted by atomic mass is 10.3. The molecule has 2 aliphatic heterocycles. The van der Waals surface area contributed by atoms with Gasteiger partial charge < -0.3 is 15.9 Å². The van der Waals surface area contributed by atoms with Crippen LogP contribution in [-0.4, -0.2) is 49.2 Å². The number of aromatic nitrogens is 4. The number of carbonyl (C=O) groups is 1. The molecule has 0 amide bonds. The molecule has 2 heterocycles. The Balaban J connectivity index is 0.000000168. The summed E-state index contributed by atoms with van der Waals surface area (Å²) in [5.41, 5.74) is 6.54. The lowest BCUT2D eigenvalue weighted by Crippen LogP contribution is -2.33. The molecule has 0 bridgehead atoms. The Morgan fingerprint density at radius 1 is 1.62 bits per heavy atom. The summed E-state index contributed by atoms with van der Waals surface area (Å²) in [6, 6.07) is 0.726. The number of aliphatic carboxylic acids is 1. The lowest BCUT2D eigenvalue weighted by molar-refractivity contribution is -0.139. The van der Waals surface area contributed by atoms with Crippen LogP contribution in [0.5, 0.6) is 0 Å². The van der Waals surface area contributed by atoms with Crippen molar-refractivity contribution in [1.82, 2.24) is 20.4 Å². The molecular weight excluding hydrogens is 214 g/mol. The second kappa shape index (κ2) is 5.73. The fraction of sp³-hybridized carbons (Fsp3) is 0.250. The van der Waals surface area contributed by atoms with Gasteiger partial charge >= 0.3 is 5.97 Å². The van der Waals surface area contributed by atoms with E-state index in [0.717, 1.165) is 11.4 Å². The molecule has 0 unspecified atom stereocenters. The highest BCUT2D eigenvalue weighted by Gasteiger charge is 2.07. The molecule has 0 spiro atoms. The number of hydrogen-bond acceptors (Lipinski definition) is 6. The first-order valence-electron chi connectivity index (χ1n) is 4.35. The van der Waals surface area contributed by atoms with E-state index in [9.17, 15) is 4.79 Å². The Hall–Kier alpha value is -2.06. The van der Waals surface area contributed by atoms with Gasteiger partial charge in [-0.25, -0.2) is 0 Å². The van der Waals surface area contributed by atoms with Crippen LogP contribution in [0.3, 0.4) is 0 Å². The van der Waals surface area contributed by atoms with Gasteiger partial charge in [0.2, 0.25) is 0 Å². The van der Waals surface area contributed by atoms with Crippen LogP contribution in [0, 0.1) is 0 Å². The second-order valence-corrected chi connectivity index (χ2v) is 2.83. The third-order valence-electron chi connectivity index (χ3n) is 1.65. The highest BCUT2D eigenvalue weighted by Crippen LogP contribution is 2.11. The zero-order chi connectivity index (χ0) is 12.0. The number of aliphatic hydroxyl groups excluding tert-OH is 1. The first kappa shape index (κ1) is 12.0. The largest absolute Gasteiger partial charge is 0.480 e. The van der Waals surface area contributed by atoms with Crippen LogP contribution in [0.2, 0.25) is 0 Å². The summed E-state index contributed by atoms with van der Waals surface area (Å²) >= 11 is 0. The number of nitrogens with one attached hydrogen (secondary N) is 1. The molecule has 0 radical (unpaired) electrons. The summed E-state index contributed by atoms with van der Waals surface area (Å²) in [5.74, 6) is -1.18. The minimum Gasteiger partial charge on any atom is -0.480 e. The van der Waals surface area contributed by atoms with Crippen molar-refractivity contribution in [3.05, 3.63) is 18.5 Å². The van der Waals surface area contributed by atoms with Crippen LogP contribution in [0.1, 0.15) is 0 Å². The lowest BCUT2D eigenvalue weighted by Gasteiger charge is -1.96. The van der Waals surface area contributed by atoms with Gasteiger partial charge in [-0.1, -0.05) is 5.21 Å². The topological polar surface area (TPSA) is 138 Å². The van der Waals surface area contributed by atoms with Crippen molar-refractivity contribution in [1.29, 1.82) is 0 Å². The quantitative estimate of drug-likeness (QED) is 0.498. The van der Waals surface area contributed by atoms with Gasteiger partial charge in [0.05, 0.1) is 18.5 Å². The van der Waals surface area contributed by atoms with Gasteiger partial charge in [-0.05, 0) is 6.07 Å². The Morgan fingerprint density at radius 2 is 2.38 bits per heavy atom. The van der Waals surface area contributed by atoms with E-state index >= 15 is 0 Å². The first-order chi connectivity index (χ1) is 7.65. The number of nitrogens with zero attached hydrogens (tertiary/aromatic N) is 3. The smallest absolute Gasteiger partial charge is 0.322 e. The molecule has 0 aromatic heterocycles. The molecule has 16 heavy (non-hydrogen) atoms. The maximum Gasteiger partial charge on any atom is 0.322 e. The van der Waals surface area contributed by atoms with Crippen molar-refractivity contribution < 1.29 is 15.0 Å². The number of H-pyrrole nitrogens is 1. The molecule has 1 atom stereocenters. The maximum atomic E-state index is 9.65. The van der Waals surface area contributed by atoms with Crippen LogP contribution in [0.4, 0.5) is 0 Å². The normalized spacial score (nSPS) is 11.6. The molecule has 8 heteroatoms. The van der Waals surface area contributed by atoms with Gasteiger partial charge in [-0.3, -0.25) is 14.9 Å². The van der Waals surface area contributed by atoms with Crippen molar-refractivity contribution in [3.63, 3.8) is 0 Å². The van der Waals surface area contributed by atoms with Gasteiger partial charge in [-0.15, -0.1) is 5.10 Å². The number of hydrogen-bond donors (Lipinski definition) is 4. The average molecular weight is 225 g/mol. The van der Waals surface area contributed by atoms with Crippen LogP contribution < -0.4 is 5.73 Å². The molecule has 2 rings (SSSR count). The minimum absolute atomic E-state index is 0.505. The zero-order valence-corrected chi connectivity index (χ0v) is 8.24.